The van der Waals surface area contributed by atoms with Gasteiger partial charge in [0.25, 0.3) is 0 Å². The molecule has 6 heteroatoms. The summed E-state index contributed by atoms with van der Waals surface area (Å²) in [6.45, 7) is 0. The topological polar surface area (TPSA) is 46.0 Å². The Morgan fingerprint density at radius 2 is 1.78 bits per heavy atom. The summed E-state index contributed by atoms with van der Waals surface area (Å²) in [7, 11) is 0. The fourth-order valence-electron chi connectivity index (χ4n) is 2.33. The molecule has 0 radical (unpaired) electrons. The van der Waals surface area contributed by atoms with Gasteiger partial charge in [-0.15, -0.1) is 5.10 Å². The standard InChI is InChI=1S/C12H15F3N2O/c13-12(14,15)10-5-4-9(16-17-10)8-11(18)6-2-1-3-7-11/h4-5,18H,1-3,6-8H2. The maximum Gasteiger partial charge on any atom is 0.435 e. The van der Waals surface area contributed by atoms with E-state index in [1.165, 1.54) is 6.07 Å². The zero-order chi connectivity index (χ0) is 13.2. The van der Waals surface area contributed by atoms with E-state index in [1.807, 2.05) is 0 Å². The van der Waals surface area contributed by atoms with Crippen molar-refractivity contribution >= 4 is 0 Å². The Morgan fingerprint density at radius 3 is 2.28 bits per heavy atom. The van der Waals surface area contributed by atoms with Crippen LogP contribution in [0.5, 0.6) is 0 Å². The molecule has 100 valence electrons. The lowest BCUT2D eigenvalue weighted by Crippen LogP contribution is -2.34. The van der Waals surface area contributed by atoms with Crippen LogP contribution in [-0.2, 0) is 12.6 Å². The molecule has 1 aromatic rings. The number of halogens is 3. The fourth-order valence-corrected chi connectivity index (χ4v) is 2.33. The number of rotatable bonds is 2. The van der Waals surface area contributed by atoms with E-state index in [9.17, 15) is 18.3 Å². The summed E-state index contributed by atoms with van der Waals surface area (Å²) in [6, 6.07) is 2.21. The van der Waals surface area contributed by atoms with Crippen molar-refractivity contribution in [1.82, 2.24) is 10.2 Å². The van der Waals surface area contributed by atoms with Crippen LogP contribution in [0, 0.1) is 0 Å². The van der Waals surface area contributed by atoms with Crippen molar-refractivity contribution in [3.8, 4) is 0 Å². The number of aliphatic hydroxyl groups is 1. The summed E-state index contributed by atoms with van der Waals surface area (Å²) in [5, 5.41) is 17.0. The second-order valence-electron chi connectivity index (χ2n) is 4.87. The van der Waals surface area contributed by atoms with Gasteiger partial charge in [0.05, 0.1) is 11.3 Å². The maximum absolute atomic E-state index is 12.3. The lowest BCUT2D eigenvalue weighted by Gasteiger charge is -2.31. The van der Waals surface area contributed by atoms with E-state index >= 15 is 0 Å². The lowest BCUT2D eigenvalue weighted by atomic mass is 9.82. The average molecular weight is 260 g/mol. The molecular formula is C12H15F3N2O. The van der Waals surface area contributed by atoms with Crippen molar-refractivity contribution < 1.29 is 18.3 Å². The lowest BCUT2D eigenvalue weighted by molar-refractivity contribution is -0.141. The van der Waals surface area contributed by atoms with Crippen LogP contribution in [0.25, 0.3) is 0 Å². The van der Waals surface area contributed by atoms with Crippen LogP contribution in [0.1, 0.15) is 43.5 Å². The molecule has 1 N–H and O–H groups in total. The Balaban J connectivity index is 2.06. The number of aromatic nitrogens is 2. The third-order valence-electron chi connectivity index (χ3n) is 3.30. The van der Waals surface area contributed by atoms with Gasteiger partial charge in [0.1, 0.15) is 0 Å². The Hall–Kier alpha value is -1.17. The largest absolute Gasteiger partial charge is 0.435 e. The summed E-state index contributed by atoms with van der Waals surface area (Å²) >= 11 is 0. The summed E-state index contributed by atoms with van der Waals surface area (Å²) in [5.41, 5.74) is -1.42. The van der Waals surface area contributed by atoms with Gasteiger partial charge in [-0.05, 0) is 25.0 Å². The SMILES string of the molecule is OC1(Cc2ccc(C(F)(F)F)nn2)CCCCC1. The highest BCUT2D eigenvalue weighted by molar-refractivity contribution is 5.11. The molecule has 1 saturated carbocycles. The van der Waals surface area contributed by atoms with Gasteiger partial charge in [-0.2, -0.15) is 18.3 Å². The van der Waals surface area contributed by atoms with Gasteiger partial charge < -0.3 is 5.11 Å². The smallest absolute Gasteiger partial charge is 0.389 e. The molecule has 0 unspecified atom stereocenters. The summed E-state index contributed by atoms with van der Waals surface area (Å²) in [4.78, 5) is 0. The minimum Gasteiger partial charge on any atom is -0.389 e. The maximum atomic E-state index is 12.3. The zero-order valence-electron chi connectivity index (χ0n) is 9.87. The first-order valence-corrected chi connectivity index (χ1v) is 6.01. The van der Waals surface area contributed by atoms with Crippen molar-refractivity contribution in [2.45, 2.75) is 50.3 Å². The highest BCUT2D eigenvalue weighted by Gasteiger charge is 2.34. The van der Waals surface area contributed by atoms with Gasteiger partial charge in [0.2, 0.25) is 0 Å². The Morgan fingerprint density at radius 1 is 1.11 bits per heavy atom. The van der Waals surface area contributed by atoms with Crippen LogP contribution < -0.4 is 0 Å². The Kier molecular flexibility index (Phi) is 3.56. The van der Waals surface area contributed by atoms with E-state index in [0.29, 0.717) is 18.5 Å². The number of hydrogen-bond donors (Lipinski definition) is 1. The van der Waals surface area contributed by atoms with E-state index in [-0.39, 0.29) is 6.42 Å². The molecule has 2 rings (SSSR count). The molecule has 0 amide bonds. The highest BCUT2D eigenvalue weighted by Crippen LogP contribution is 2.31. The molecule has 1 heterocycles. The Labute approximate surface area is 103 Å². The molecule has 0 saturated heterocycles. The highest BCUT2D eigenvalue weighted by atomic mass is 19.4. The van der Waals surface area contributed by atoms with Gasteiger partial charge in [-0.3, -0.25) is 0 Å². The van der Waals surface area contributed by atoms with Gasteiger partial charge in [0, 0.05) is 6.42 Å². The first-order chi connectivity index (χ1) is 8.39. The first kappa shape index (κ1) is 13.3. The fraction of sp³-hybridized carbons (Fsp3) is 0.667. The number of hydrogen-bond acceptors (Lipinski definition) is 3. The molecule has 1 aromatic heterocycles. The molecule has 0 spiro atoms. The minimum atomic E-state index is -4.47. The monoisotopic (exact) mass is 260 g/mol. The molecular weight excluding hydrogens is 245 g/mol. The van der Waals surface area contributed by atoms with Crippen LogP contribution in [-0.4, -0.2) is 20.9 Å². The van der Waals surface area contributed by atoms with Crippen LogP contribution in [0.4, 0.5) is 13.2 Å². The third kappa shape index (κ3) is 3.19. The van der Waals surface area contributed by atoms with E-state index in [2.05, 4.69) is 10.2 Å². The van der Waals surface area contributed by atoms with Crippen LogP contribution in [0.3, 0.4) is 0 Å². The quantitative estimate of drug-likeness (QED) is 0.889. The van der Waals surface area contributed by atoms with E-state index in [4.69, 9.17) is 0 Å². The first-order valence-electron chi connectivity index (χ1n) is 6.01. The summed E-state index contributed by atoms with van der Waals surface area (Å²) in [5.74, 6) is 0. The summed E-state index contributed by atoms with van der Waals surface area (Å²) < 4.78 is 36.9. The van der Waals surface area contributed by atoms with Crippen LogP contribution in [0.15, 0.2) is 12.1 Å². The molecule has 1 aliphatic carbocycles. The normalized spacial score (nSPS) is 19.8. The Bertz CT molecular complexity index is 397. The van der Waals surface area contributed by atoms with Gasteiger partial charge in [-0.25, -0.2) is 0 Å². The number of nitrogens with zero attached hydrogens (tertiary/aromatic N) is 2. The van der Waals surface area contributed by atoms with Crippen molar-refractivity contribution in [2.24, 2.45) is 0 Å². The molecule has 0 aliphatic heterocycles. The van der Waals surface area contributed by atoms with Gasteiger partial charge in [-0.1, -0.05) is 19.3 Å². The molecule has 18 heavy (non-hydrogen) atoms. The third-order valence-corrected chi connectivity index (χ3v) is 3.30. The second-order valence-corrected chi connectivity index (χ2v) is 4.87. The van der Waals surface area contributed by atoms with Crippen molar-refractivity contribution in [1.29, 1.82) is 0 Å². The van der Waals surface area contributed by atoms with Crippen molar-refractivity contribution in [2.75, 3.05) is 0 Å². The zero-order valence-corrected chi connectivity index (χ0v) is 9.87. The average Bonchev–Trinajstić information content (AvgIpc) is 2.29. The molecule has 1 fully saturated rings. The predicted molar refractivity (Wildman–Crippen MR) is 58.8 cm³/mol. The second kappa shape index (κ2) is 4.84. The van der Waals surface area contributed by atoms with Crippen molar-refractivity contribution in [3.05, 3.63) is 23.5 Å². The minimum absolute atomic E-state index is 0.276. The summed E-state index contributed by atoms with van der Waals surface area (Å²) in [6.07, 6.45) is 0.160. The van der Waals surface area contributed by atoms with Crippen LogP contribution in [0.2, 0.25) is 0 Å². The molecule has 0 bridgehead atoms. The van der Waals surface area contributed by atoms with E-state index in [1.54, 1.807) is 0 Å². The molecule has 3 nitrogen and oxygen atoms in total. The van der Waals surface area contributed by atoms with Crippen LogP contribution >= 0.6 is 0 Å². The number of alkyl halides is 3. The van der Waals surface area contributed by atoms with Gasteiger partial charge in [0.15, 0.2) is 5.69 Å². The molecule has 1 aliphatic rings. The van der Waals surface area contributed by atoms with Crippen molar-refractivity contribution in [3.63, 3.8) is 0 Å². The molecule has 0 aromatic carbocycles. The van der Waals surface area contributed by atoms with E-state index < -0.39 is 17.5 Å². The van der Waals surface area contributed by atoms with E-state index in [0.717, 1.165) is 25.3 Å². The predicted octanol–water partition coefficient (Wildman–Crippen LogP) is 2.73. The molecule has 0 atom stereocenters. The van der Waals surface area contributed by atoms with Gasteiger partial charge >= 0.3 is 6.18 Å².